The minimum atomic E-state index is -1.19. The quantitative estimate of drug-likeness (QED) is 0.449. The standard InChI is InChI=1S/C26H32N4O5/c31-11-21-23(32)24(33)26(35-21)30-14-29-22-19(27-13-28-25(22)30)10-18-2-1-3-20(18)34-12-15-4-6-16(7-5-15)17-8-9-17/h4-7,13-14,17-18,20-21,23-24,26,31-33H,1-3,8-12H2/t18?,20-,21-,23-,24-,26-/m1/s1. The van der Waals surface area contributed by atoms with Crippen molar-refractivity contribution in [2.75, 3.05) is 6.61 Å². The number of aromatic nitrogens is 4. The molecule has 3 fully saturated rings. The molecule has 186 valence electrons. The molecule has 6 atom stereocenters. The molecule has 1 saturated heterocycles. The number of aliphatic hydroxyl groups is 3. The molecule has 35 heavy (non-hydrogen) atoms. The molecule has 2 aliphatic carbocycles. The normalized spacial score (nSPS) is 30.9. The van der Waals surface area contributed by atoms with Crippen LogP contribution in [-0.4, -0.2) is 65.9 Å². The second kappa shape index (κ2) is 9.55. The van der Waals surface area contributed by atoms with Gasteiger partial charge in [0.1, 0.15) is 30.2 Å². The second-order valence-electron chi connectivity index (χ2n) is 10.1. The Labute approximate surface area is 203 Å². The molecule has 0 spiro atoms. The van der Waals surface area contributed by atoms with Crippen LogP contribution in [0.15, 0.2) is 36.9 Å². The molecule has 6 rings (SSSR count). The Hall–Kier alpha value is -2.43. The first-order valence-corrected chi connectivity index (χ1v) is 12.6. The molecule has 0 amide bonds. The van der Waals surface area contributed by atoms with Crippen molar-refractivity contribution in [3.63, 3.8) is 0 Å². The van der Waals surface area contributed by atoms with Crippen molar-refractivity contribution >= 4 is 11.2 Å². The second-order valence-corrected chi connectivity index (χ2v) is 10.1. The molecule has 3 heterocycles. The summed E-state index contributed by atoms with van der Waals surface area (Å²) in [7, 11) is 0. The van der Waals surface area contributed by atoms with E-state index in [9.17, 15) is 15.3 Å². The maximum absolute atomic E-state index is 10.4. The Kier molecular flexibility index (Phi) is 6.28. The maximum atomic E-state index is 10.4. The van der Waals surface area contributed by atoms with Gasteiger partial charge < -0.3 is 24.8 Å². The van der Waals surface area contributed by atoms with Crippen molar-refractivity contribution in [3.8, 4) is 0 Å². The molecule has 2 aromatic heterocycles. The largest absolute Gasteiger partial charge is 0.394 e. The van der Waals surface area contributed by atoms with Gasteiger partial charge in [0.15, 0.2) is 11.9 Å². The van der Waals surface area contributed by atoms with Crippen molar-refractivity contribution in [2.45, 2.75) is 81.7 Å². The summed E-state index contributed by atoms with van der Waals surface area (Å²) in [5.74, 6) is 1.11. The summed E-state index contributed by atoms with van der Waals surface area (Å²) in [5.41, 5.74) is 4.69. The number of imidazole rings is 1. The van der Waals surface area contributed by atoms with Crippen LogP contribution in [0.25, 0.3) is 11.2 Å². The van der Waals surface area contributed by atoms with Gasteiger partial charge in [-0.05, 0) is 55.1 Å². The van der Waals surface area contributed by atoms with Crippen LogP contribution in [0.4, 0.5) is 0 Å². The van der Waals surface area contributed by atoms with Crippen LogP contribution in [0.5, 0.6) is 0 Å². The fraction of sp³-hybridized carbons (Fsp3) is 0.577. The fourth-order valence-electron chi connectivity index (χ4n) is 5.56. The van der Waals surface area contributed by atoms with Gasteiger partial charge in [-0.3, -0.25) is 4.57 Å². The van der Waals surface area contributed by atoms with E-state index in [4.69, 9.17) is 9.47 Å². The summed E-state index contributed by atoms with van der Waals surface area (Å²) in [4.78, 5) is 13.4. The number of hydrogen-bond donors (Lipinski definition) is 3. The highest BCUT2D eigenvalue weighted by atomic mass is 16.6. The van der Waals surface area contributed by atoms with Gasteiger partial charge in [-0.1, -0.05) is 30.7 Å². The topological polar surface area (TPSA) is 123 Å². The highest BCUT2D eigenvalue weighted by Gasteiger charge is 2.44. The monoisotopic (exact) mass is 480 g/mol. The van der Waals surface area contributed by atoms with Crippen LogP contribution in [0.2, 0.25) is 0 Å². The summed E-state index contributed by atoms with van der Waals surface area (Å²) in [6.45, 7) is 0.237. The van der Waals surface area contributed by atoms with E-state index in [1.807, 2.05) is 0 Å². The van der Waals surface area contributed by atoms with Crippen LogP contribution in [0.1, 0.15) is 61.1 Å². The van der Waals surface area contributed by atoms with E-state index in [1.54, 1.807) is 10.9 Å². The molecule has 1 aromatic carbocycles. The van der Waals surface area contributed by atoms with E-state index in [1.165, 1.54) is 30.3 Å². The van der Waals surface area contributed by atoms with Crippen molar-refractivity contribution in [1.29, 1.82) is 0 Å². The van der Waals surface area contributed by atoms with Gasteiger partial charge in [0.05, 0.1) is 31.3 Å². The van der Waals surface area contributed by atoms with Crippen LogP contribution < -0.4 is 0 Å². The van der Waals surface area contributed by atoms with Gasteiger partial charge in [-0.25, -0.2) is 15.0 Å². The summed E-state index contributed by atoms with van der Waals surface area (Å²) in [6.07, 6.45) is 5.74. The highest BCUT2D eigenvalue weighted by molar-refractivity contribution is 5.73. The predicted octanol–water partition coefficient (Wildman–Crippen LogP) is 2.24. The minimum absolute atomic E-state index is 0.172. The van der Waals surface area contributed by atoms with Gasteiger partial charge in [-0.15, -0.1) is 0 Å². The van der Waals surface area contributed by atoms with E-state index in [2.05, 4.69) is 39.2 Å². The third kappa shape index (κ3) is 4.47. The van der Waals surface area contributed by atoms with E-state index in [0.717, 1.165) is 37.3 Å². The number of ether oxygens (including phenoxy) is 2. The molecule has 9 nitrogen and oxygen atoms in total. The molecule has 3 N–H and O–H groups in total. The number of fused-ring (bicyclic) bond motifs is 1. The van der Waals surface area contributed by atoms with Gasteiger partial charge in [0.25, 0.3) is 0 Å². The lowest BCUT2D eigenvalue weighted by atomic mass is 9.98. The van der Waals surface area contributed by atoms with E-state index in [0.29, 0.717) is 23.7 Å². The smallest absolute Gasteiger partial charge is 0.165 e. The SMILES string of the molecule is OC[C@H]1O[C@@H](n2cnc3c(CC4CCC[C@H]4OCc4ccc(C5CC5)cc4)ncnc32)[C@H](O)[C@@H]1O. The molecular weight excluding hydrogens is 448 g/mol. The molecule has 1 aliphatic heterocycles. The summed E-state index contributed by atoms with van der Waals surface area (Å²) in [5, 5.41) is 30.0. The Morgan fingerprint density at radius 3 is 2.57 bits per heavy atom. The summed E-state index contributed by atoms with van der Waals surface area (Å²) >= 11 is 0. The van der Waals surface area contributed by atoms with Crippen LogP contribution >= 0.6 is 0 Å². The van der Waals surface area contributed by atoms with Gasteiger partial charge in [-0.2, -0.15) is 0 Å². The molecule has 1 unspecified atom stereocenters. The summed E-state index contributed by atoms with van der Waals surface area (Å²) < 4.78 is 13.6. The third-order valence-corrected chi connectivity index (χ3v) is 7.76. The molecule has 3 aromatic rings. The molecule has 0 bridgehead atoms. The molecule has 0 radical (unpaired) electrons. The minimum Gasteiger partial charge on any atom is -0.394 e. The number of hydrogen-bond acceptors (Lipinski definition) is 8. The highest BCUT2D eigenvalue weighted by Crippen LogP contribution is 2.40. The Morgan fingerprint density at radius 1 is 1.00 bits per heavy atom. The van der Waals surface area contributed by atoms with Crippen molar-refractivity contribution < 1.29 is 24.8 Å². The van der Waals surface area contributed by atoms with Gasteiger partial charge >= 0.3 is 0 Å². The molecular formula is C26H32N4O5. The lowest BCUT2D eigenvalue weighted by molar-refractivity contribution is -0.0511. The number of rotatable bonds is 8. The van der Waals surface area contributed by atoms with Crippen molar-refractivity contribution in [2.24, 2.45) is 5.92 Å². The zero-order valence-corrected chi connectivity index (χ0v) is 19.6. The van der Waals surface area contributed by atoms with E-state index in [-0.39, 0.29) is 12.7 Å². The van der Waals surface area contributed by atoms with Crippen LogP contribution in [0.3, 0.4) is 0 Å². The molecule has 3 aliphatic rings. The predicted molar refractivity (Wildman–Crippen MR) is 126 cm³/mol. The first-order valence-electron chi connectivity index (χ1n) is 12.6. The number of aliphatic hydroxyl groups excluding tert-OH is 3. The first kappa shape index (κ1) is 23.0. The fourth-order valence-corrected chi connectivity index (χ4v) is 5.56. The maximum Gasteiger partial charge on any atom is 0.165 e. The number of benzene rings is 1. The van der Waals surface area contributed by atoms with E-state index >= 15 is 0 Å². The van der Waals surface area contributed by atoms with Crippen molar-refractivity contribution in [1.82, 2.24) is 19.5 Å². The zero-order valence-electron chi connectivity index (χ0n) is 19.6. The van der Waals surface area contributed by atoms with Crippen LogP contribution in [0, 0.1) is 5.92 Å². The lowest BCUT2D eigenvalue weighted by Gasteiger charge is -2.20. The van der Waals surface area contributed by atoms with E-state index < -0.39 is 24.5 Å². The van der Waals surface area contributed by atoms with Crippen LogP contribution in [-0.2, 0) is 22.5 Å². The first-order chi connectivity index (χ1) is 17.1. The van der Waals surface area contributed by atoms with Crippen molar-refractivity contribution in [3.05, 3.63) is 53.7 Å². The Morgan fingerprint density at radius 2 is 1.83 bits per heavy atom. The van der Waals surface area contributed by atoms with Gasteiger partial charge in [0.2, 0.25) is 0 Å². The average Bonchev–Trinajstić information content (AvgIpc) is 3.39. The summed E-state index contributed by atoms with van der Waals surface area (Å²) in [6, 6.07) is 8.86. The third-order valence-electron chi connectivity index (χ3n) is 7.76. The number of nitrogens with zero attached hydrogens (tertiary/aromatic N) is 4. The lowest BCUT2D eigenvalue weighted by Crippen LogP contribution is -2.33. The average molecular weight is 481 g/mol. The Balaban J connectivity index is 1.15. The zero-order chi connectivity index (χ0) is 23.9. The molecule has 2 saturated carbocycles. The van der Waals surface area contributed by atoms with Gasteiger partial charge in [0, 0.05) is 0 Å². The molecule has 9 heteroatoms. The Bertz CT molecular complexity index is 1160.